The number of sulfonamides is 1. The van der Waals surface area contributed by atoms with Gasteiger partial charge < -0.3 is 5.73 Å². The van der Waals surface area contributed by atoms with E-state index in [1.807, 2.05) is 20.8 Å². The molecule has 21 heavy (non-hydrogen) atoms. The molecule has 7 heteroatoms. The summed E-state index contributed by atoms with van der Waals surface area (Å²) >= 11 is 0. The van der Waals surface area contributed by atoms with Gasteiger partial charge in [-0.05, 0) is 30.0 Å². The molecule has 114 valence electrons. The molecule has 0 saturated heterocycles. The Labute approximate surface area is 124 Å². The summed E-state index contributed by atoms with van der Waals surface area (Å²) in [7, 11) is -3.70. The summed E-state index contributed by atoms with van der Waals surface area (Å²) in [6, 6.07) is 6.59. The Hall–Kier alpha value is -2.02. The number of aromatic nitrogens is 2. The molecule has 4 N–H and O–H groups in total. The number of nitrogens with one attached hydrogen (secondary N) is 2. The predicted molar refractivity (Wildman–Crippen MR) is 83.7 cm³/mol. The summed E-state index contributed by atoms with van der Waals surface area (Å²) in [5.74, 6) is 0.525. The minimum atomic E-state index is -3.70. The number of anilines is 2. The number of aryl methyl sites for hydroxylation is 1. The van der Waals surface area contributed by atoms with Gasteiger partial charge in [0.2, 0.25) is 0 Å². The lowest BCUT2D eigenvalue weighted by Crippen LogP contribution is -2.15. The van der Waals surface area contributed by atoms with E-state index in [1.54, 1.807) is 18.2 Å². The third-order valence-corrected chi connectivity index (χ3v) is 4.66. The first-order valence-electron chi connectivity index (χ1n) is 6.80. The molecule has 2 aromatic rings. The van der Waals surface area contributed by atoms with E-state index in [0.29, 0.717) is 12.1 Å². The van der Waals surface area contributed by atoms with Gasteiger partial charge in [0.25, 0.3) is 10.0 Å². The number of benzene rings is 1. The van der Waals surface area contributed by atoms with Crippen LogP contribution in [0.4, 0.5) is 11.5 Å². The van der Waals surface area contributed by atoms with Crippen molar-refractivity contribution < 1.29 is 8.42 Å². The molecule has 0 aliphatic rings. The molecule has 0 aliphatic carbocycles. The third kappa shape index (κ3) is 3.36. The highest BCUT2D eigenvalue weighted by molar-refractivity contribution is 7.92. The van der Waals surface area contributed by atoms with Gasteiger partial charge in [-0.1, -0.05) is 26.8 Å². The lowest BCUT2D eigenvalue weighted by atomic mass is 10.1. The molecule has 6 nitrogen and oxygen atoms in total. The fourth-order valence-electron chi connectivity index (χ4n) is 1.99. The minimum absolute atomic E-state index is 0.194. The van der Waals surface area contributed by atoms with Crippen molar-refractivity contribution in [1.29, 1.82) is 0 Å². The number of nitrogen functional groups attached to an aromatic ring is 1. The number of nitrogens with two attached hydrogens (primary N) is 1. The molecular weight excluding hydrogens is 288 g/mol. The highest BCUT2D eigenvalue weighted by Gasteiger charge is 2.20. The van der Waals surface area contributed by atoms with Crippen LogP contribution < -0.4 is 10.5 Å². The number of rotatable bonds is 5. The average molecular weight is 308 g/mol. The van der Waals surface area contributed by atoms with Crippen LogP contribution in [0.25, 0.3) is 0 Å². The quantitative estimate of drug-likeness (QED) is 0.739. The second kappa shape index (κ2) is 5.77. The SMILES string of the molecule is CCc1ccc(N)cc1S(=O)(=O)Nc1cc(C(C)C)[nH]n1. The summed E-state index contributed by atoms with van der Waals surface area (Å²) < 4.78 is 27.5. The highest BCUT2D eigenvalue weighted by Crippen LogP contribution is 2.23. The van der Waals surface area contributed by atoms with E-state index in [9.17, 15) is 8.42 Å². The third-order valence-electron chi connectivity index (χ3n) is 3.22. The molecule has 0 amide bonds. The Morgan fingerprint density at radius 2 is 2.05 bits per heavy atom. The Bertz CT molecular complexity index is 735. The first-order valence-corrected chi connectivity index (χ1v) is 8.28. The van der Waals surface area contributed by atoms with Crippen LogP contribution in [0.1, 0.15) is 37.9 Å². The van der Waals surface area contributed by atoms with E-state index in [0.717, 1.165) is 11.3 Å². The molecule has 0 aliphatic heterocycles. The van der Waals surface area contributed by atoms with Gasteiger partial charge in [-0.15, -0.1) is 0 Å². The van der Waals surface area contributed by atoms with E-state index in [-0.39, 0.29) is 16.6 Å². The number of nitrogens with zero attached hydrogens (tertiary/aromatic N) is 1. The summed E-state index contributed by atoms with van der Waals surface area (Å²) in [6.07, 6.45) is 0.605. The standard InChI is InChI=1S/C14H20N4O2S/c1-4-10-5-6-11(15)7-13(10)21(19,20)18-14-8-12(9(2)3)16-17-14/h5-9H,4,15H2,1-3H3,(H2,16,17,18). The number of hydrogen-bond donors (Lipinski definition) is 3. The van der Waals surface area contributed by atoms with E-state index in [1.165, 1.54) is 6.07 Å². The average Bonchev–Trinajstić information content (AvgIpc) is 2.86. The van der Waals surface area contributed by atoms with Crippen LogP contribution >= 0.6 is 0 Å². The van der Waals surface area contributed by atoms with Gasteiger partial charge in [0, 0.05) is 17.4 Å². The Kier molecular flexibility index (Phi) is 4.22. The first kappa shape index (κ1) is 15.4. The maximum atomic E-state index is 12.5. The molecule has 0 bridgehead atoms. The molecule has 1 aromatic carbocycles. The van der Waals surface area contributed by atoms with Gasteiger partial charge in [0.1, 0.15) is 0 Å². The normalized spacial score (nSPS) is 11.8. The lowest BCUT2D eigenvalue weighted by molar-refractivity contribution is 0.600. The van der Waals surface area contributed by atoms with Crippen LogP contribution in [-0.4, -0.2) is 18.6 Å². The molecular formula is C14H20N4O2S. The predicted octanol–water partition coefficient (Wildman–Crippen LogP) is 2.48. The Balaban J connectivity index is 2.35. The zero-order valence-corrected chi connectivity index (χ0v) is 13.2. The molecule has 2 rings (SSSR count). The number of aromatic amines is 1. The van der Waals surface area contributed by atoms with Gasteiger partial charge >= 0.3 is 0 Å². The minimum Gasteiger partial charge on any atom is -0.399 e. The van der Waals surface area contributed by atoms with Crippen molar-refractivity contribution in [3.63, 3.8) is 0 Å². The van der Waals surface area contributed by atoms with E-state index in [2.05, 4.69) is 14.9 Å². The molecule has 0 unspecified atom stereocenters. The van der Waals surface area contributed by atoms with Crippen molar-refractivity contribution in [2.75, 3.05) is 10.5 Å². The molecule has 0 atom stereocenters. The van der Waals surface area contributed by atoms with Crippen molar-refractivity contribution in [2.45, 2.75) is 38.0 Å². The van der Waals surface area contributed by atoms with Gasteiger partial charge in [0.05, 0.1) is 4.90 Å². The zero-order chi connectivity index (χ0) is 15.6. The van der Waals surface area contributed by atoms with Crippen molar-refractivity contribution in [1.82, 2.24) is 10.2 Å². The maximum absolute atomic E-state index is 12.5. The lowest BCUT2D eigenvalue weighted by Gasteiger charge is -2.10. The maximum Gasteiger partial charge on any atom is 0.263 e. The first-order chi connectivity index (χ1) is 9.83. The monoisotopic (exact) mass is 308 g/mol. The van der Waals surface area contributed by atoms with Gasteiger partial charge in [-0.25, -0.2) is 8.42 Å². The Morgan fingerprint density at radius 3 is 2.62 bits per heavy atom. The molecule has 0 spiro atoms. The van der Waals surface area contributed by atoms with E-state index < -0.39 is 10.0 Å². The second-order valence-corrected chi connectivity index (χ2v) is 6.84. The highest BCUT2D eigenvalue weighted by atomic mass is 32.2. The topological polar surface area (TPSA) is 101 Å². The van der Waals surface area contributed by atoms with E-state index >= 15 is 0 Å². The van der Waals surface area contributed by atoms with Crippen LogP contribution in [0, 0.1) is 0 Å². The van der Waals surface area contributed by atoms with Crippen LogP contribution in [0.3, 0.4) is 0 Å². The largest absolute Gasteiger partial charge is 0.399 e. The summed E-state index contributed by atoms with van der Waals surface area (Å²) in [5, 5.41) is 6.80. The van der Waals surface area contributed by atoms with Gasteiger partial charge in [-0.3, -0.25) is 9.82 Å². The fourth-order valence-corrected chi connectivity index (χ4v) is 3.33. The van der Waals surface area contributed by atoms with Crippen molar-refractivity contribution in [3.05, 3.63) is 35.5 Å². The number of hydrogen-bond acceptors (Lipinski definition) is 4. The van der Waals surface area contributed by atoms with Crippen molar-refractivity contribution >= 4 is 21.5 Å². The molecule has 0 radical (unpaired) electrons. The summed E-state index contributed by atoms with van der Waals surface area (Å²) in [4.78, 5) is 0.194. The number of H-pyrrole nitrogens is 1. The molecule has 0 saturated carbocycles. The zero-order valence-electron chi connectivity index (χ0n) is 12.3. The summed E-state index contributed by atoms with van der Waals surface area (Å²) in [5.41, 5.74) is 7.71. The second-order valence-electron chi connectivity index (χ2n) is 5.19. The Morgan fingerprint density at radius 1 is 1.33 bits per heavy atom. The van der Waals surface area contributed by atoms with Gasteiger partial charge in [0.15, 0.2) is 5.82 Å². The van der Waals surface area contributed by atoms with E-state index in [4.69, 9.17) is 5.73 Å². The van der Waals surface area contributed by atoms with Crippen LogP contribution in [0.15, 0.2) is 29.2 Å². The van der Waals surface area contributed by atoms with Crippen molar-refractivity contribution in [3.8, 4) is 0 Å². The summed E-state index contributed by atoms with van der Waals surface area (Å²) in [6.45, 7) is 5.90. The smallest absolute Gasteiger partial charge is 0.263 e. The van der Waals surface area contributed by atoms with Gasteiger partial charge in [-0.2, -0.15) is 5.10 Å². The molecule has 1 heterocycles. The van der Waals surface area contributed by atoms with Crippen LogP contribution in [-0.2, 0) is 16.4 Å². The van der Waals surface area contributed by atoms with Crippen molar-refractivity contribution in [2.24, 2.45) is 0 Å². The van der Waals surface area contributed by atoms with Crippen LogP contribution in [0.2, 0.25) is 0 Å². The molecule has 1 aromatic heterocycles. The van der Waals surface area contributed by atoms with Crippen LogP contribution in [0.5, 0.6) is 0 Å². The fraction of sp³-hybridized carbons (Fsp3) is 0.357. The molecule has 0 fully saturated rings.